The van der Waals surface area contributed by atoms with Gasteiger partial charge in [-0.05, 0) is 33.8 Å². The first kappa shape index (κ1) is 17.4. The Hall–Kier alpha value is -2.64. The van der Waals surface area contributed by atoms with E-state index in [2.05, 4.69) is 16.0 Å². The van der Waals surface area contributed by atoms with Crippen LogP contribution in [0.5, 0.6) is 0 Å². The van der Waals surface area contributed by atoms with E-state index in [0.717, 1.165) is 0 Å². The number of rotatable bonds is 4. The Bertz CT molecular complexity index is 580. The molecule has 0 aliphatic carbocycles. The molecular weight excluding hydrogens is 288 g/mol. The minimum atomic E-state index is -0.729. The SMILES string of the molecule is C[C@H](Nc1cccc([N+](=O)[O-])c1)C(=O)NC(=O)NC(C)(C)C. The first-order valence-corrected chi connectivity index (χ1v) is 6.72. The van der Waals surface area contributed by atoms with E-state index >= 15 is 0 Å². The number of nitrogens with zero attached hydrogens (tertiary/aromatic N) is 1. The number of hydrogen-bond donors (Lipinski definition) is 3. The third kappa shape index (κ3) is 5.78. The number of anilines is 1. The van der Waals surface area contributed by atoms with Gasteiger partial charge in [-0.25, -0.2) is 4.79 Å². The summed E-state index contributed by atoms with van der Waals surface area (Å²) < 4.78 is 0. The maximum absolute atomic E-state index is 11.9. The minimum Gasteiger partial charge on any atom is -0.374 e. The number of nitro groups is 1. The van der Waals surface area contributed by atoms with E-state index in [1.54, 1.807) is 33.8 Å². The second-order valence-electron chi connectivity index (χ2n) is 5.87. The van der Waals surface area contributed by atoms with Crippen LogP contribution in [-0.2, 0) is 4.79 Å². The lowest BCUT2D eigenvalue weighted by Crippen LogP contribution is -2.51. The number of non-ortho nitro benzene ring substituents is 1. The maximum atomic E-state index is 11.9. The van der Waals surface area contributed by atoms with Crippen LogP contribution in [0.15, 0.2) is 24.3 Å². The van der Waals surface area contributed by atoms with Crippen LogP contribution in [0.1, 0.15) is 27.7 Å². The second-order valence-corrected chi connectivity index (χ2v) is 5.87. The highest BCUT2D eigenvalue weighted by Crippen LogP contribution is 2.17. The summed E-state index contributed by atoms with van der Waals surface area (Å²) in [6, 6.07) is 4.47. The third-order valence-electron chi connectivity index (χ3n) is 2.56. The number of carbonyl (C=O) groups is 2. The fourth-order valence-corrected chi connectivity index (χ4v) is 1.62. The molecule has 3 N–H and O–H groups in total. The molecule has 0 bridgehead atoms. The summed E-state index contributed by atoms with van der Waals surface area (Å²) in [5.74, 6) is -0.534. The number of urea groups is 1. The maximum Gasteiger partial charge on any atom is 0.321 e. The van der Waals surface area contributed by atoms with Crippen LogP contribution in [0.2, 0.25) is 0 Å². The van der Waals surface area contributed by atoms with E-state index < -0.39 is 28.4 Å². The molecule has 0 aliphatic rings. The van der Waals surface area contributed by atoms with E-state index in [1.165, 1.54) is 18.2 Å². The standard InChI is InChI=1S/C14H20N4O4/c1-9(12(19)16-13(20)17-14(2,3)4)15-10-6-5-7-11(8-10)18(21)22/h5-9,15H,1-4H3,(H2,16,17,19,20)/t9-/m0/s1. The van der Waals surface area contributed by atoms with Crippen molar-refractivity contribution in [2.45, 2.75) is 39.3 Å². The first-order chi connectivity index (χ1) is 10.1. The third-order valence-corrected chi connectivity index (χ3v) is 2.56. The zero-order chi connectivity index (χ0) is 16.9. The molecule has 0 saturated heterocycles. The zero-order valence-electron chi connectivity index (χ0n) is 13.0. The molecule has 0 spiro atoms. The molecule has 1 aromatic rings. The van der Waals surface area contributed by atoms with Crippen LogP contribution < -0.4 is 16.0 Å². The molecule has 0 unspecified atom stereocenters. The van der Waals surface area contributed by atoms with Gasteiger partial charge in [0, 0.05) is 23.4 Å². The molecular formula is C14H20N4O4. The predicted molar refractivity (Wildman–Crippen MR) is 82.6 cm³/mol. The van der Waals surface area contributed by atoms with Crippen molar-refractivity contribution in [2.75, 3.05) is 5.32 Å². The van der Waals surface area contributed by atoms with Crippen molar-refractivity contribution in [3.8, 4) is 0 Å². The molecule has 1 aromatic carbocycles. The highest BCUT2D eigenvalue weighted by Gasteiger charge is 2.19. The molecule has 0 aromatic heterocycles. The van der Waals surface area contributed by atoms with Crippen molar-refractivity contribution in [2.24, 2.45) is 0 Å². The summed E-state index contributed by atoms with van der Waals surface area (Å²) in [6.45, 7) is 6.93. The molecule has 0 heterocycles. The minimum absolute atomic E-state index is 0.0805. The fourth-order valence-electron chi connectivity index (χ4n) is 1.62. The van der Waals surface area contributed by atoms with Crippen molar-refractivity contribution in [1.82, 2.24) is 10.6 Å². The summed E-state index contributed by atoms with van der Waals surface area (Å²) in [6.07, 6.45) is 0. The number of nitro benzene ring substituents is 1. The molecule has 1 atom stereocenters. The molecule has 120 valence electrons. The Morgan fingerprint density at radius 2 is 1.91 bits per heavy atom. The van der Waals surface area contributed by atoms with E-state index in [0.29, 0.717) is 5.69 Å². The summed E-state index contributed by atoms with van der Waals surface area (Å²) in [4.78, 5) is 33.7. The van der Waals surface area contributed by atoms with Gasteiger partial charge in [-0.2, -0.15) is 0 Å². The van der Waals surface area contributed by atoms with Gasteiger partial charge in [-0.3, -0.25) is 20.2 Å². The molecule has 8 nitrogen and oxygen atoms in total. The van der Waals surface area contributed by atoms with Crippen LogP contribution in [0.25, 0.3) is 0 Å². The van der Waals surface area contributed by atoms with Gasteiger partial charge in [0.15, 0.2) is 0 Å². The highest BCUT2D eigenvalue weighted by molar-refractivity contribution is 5.98. The summed E-state index contributed by atoms with van der Waals surface area (Å²) in [5, 5.41) is 18.3. The van der Waals surface area contributed by atoms with Crippen LogP contribution in [0.4, 0.5) is 16.2 Å². The fraction of sp³-hybridized carbons (Fsp3) is 0.429. The number of carbonyl (C=O) groups excluding carboxylic acids is 2. The van der Waals surface area contributed by atoms with Crippen molar-refractivity contribution >= 4 is 23.3 Å². The quantitative estimate of drug-likeness (QED) is 0.581. The Labute approximate surface area is 128 Å². The second kappa shape index (κ2) is 6.88. The molecule has 0 radical (unpaired) electrons. The zero-order valence-corrected chi connectivity index (χ0v) is 13.0. The topological polar surface area (TPSA) is 113 Å². The van der Waals surface area contributed by atoms with Gasteiger partial charge in [0.05, 0.1) is 4.92 Å². The van der Waals surface area contributed by atoms with Gasteiger partial charge in [-0.1, -0.05) is 6.07 Å². The lowest BCUT2D eigenvalue weighted by molar-refractivity contribution is -0.384. The number of imide groups is 1. The normalized spacial score (nSPS) is 12.2. The van der Waals surface area contributed by atoms with Crippen molar-refractivity contribution in [3.63, 3.8) is 0 Å². The summed E-state index contributed by atoms with van der Waals surface area (Å²) in [7, 11) is 0. The van der Waals surface area contributed by atoms with E-state index in [4.69, 9.17) is 0 Å². The number of hydrogen-bond acceptors (Lipinski definition) is 5. The van der Waals surface area contributed by atoms with Gasteiger partial charge < -0.3 is 10.6 Å². The Balaban J connectivity index is 2.63. The van der Waals surface area contributed by atoms with Crippen LogP contribution in [0.3, 0.4) is 0 Å². The monoisotopic (exact) mass is 308 g/mol. The average molecular weight is 308 g/mol. The van der Waals surface area contributed by atoms with Crippen LogP contribution >= 0.6 is 0 Å². The predicted octanol–water partition coefficient (Wildman–Crippen LogP) is 2.02. The molecule has 3 amide bonds. The van der Waals surface area contributed by atoms with Gasteiger partial charge in [0.2, 0.25) is 5.91 Å². The van der Waals surface area contributed by atoms with Gasteiger partial charge in [0.1, 0.15) is 6.04 Å². The summed E-state index contributed by atoms with van der Waals surface area (Å²) >= 11 is 0. The van der Waals surface area contributed by atoms with Gasteiger partial charge >= 0.3 is 6.03 Å². The molecule has 8 heteroatoms. The number of benzene rings is 1. The molecule has 0 aliphatic heterocycles. The van der Waals surface area contributed by atoms with Crippen molar-refractivity contribution in [3.05, 3.63) is 34.4 Å². The molecule has 0 saturated carbocycles. The van der Waals surface area contributed by atoms with Crippen LogP contribution in [-0.4, -0.2) is 28.4 Å². The lowest BCUT2D eigenvalue weighted by atomic mass is 10.1. The number of amides is 3. The van der Waals surface area contributed by atoms with Crippen molar-refractivity contribution in [1.29, 1.82) is 0 Å². The highest BCUT2D eigenvalue weighted by atomic mass is 16.6. The van der Waals surface area contributed by atoms with E-state index in [1.807, 2.05) is 0 Å². The molecule has 1 rings (SSSR count). The smallest absolute Gasteiger partial charge is 0.321 e. The Morgan fingerprint density at radius 3 is 2.45 bits per heavy atom. The first-order valence-electron chi connectivity index (χ1n) is 6.72. The van der Waals surface area contributed by atoms with Crippen molar-refractivity contribution < 1.29 is 14.5 Å². The summed E-state index contributed by atoms with van der Waals surface area (Å²) in [5.41, 5.74) is -0.114. The van der Waals surface area contributed by atoms with Gasteiger partial charge in [0.25, 0.3) is 5.69 Å². The average Bonchev–Trinajstić information content (AvgIpc) is 2.36. The lowest BCUT2D eigenvalue weighted by Gasteiger charge is -2.21. The number of nitrogens with one attached hydrogen (secondary N) is 3. The molecule has 22 heavy (non-hydrogen) atoms. The Kier molecular flexibility index (Phi) is 5.44. The van der Waals surface area contributed by atoms with Gasteiger partial charge in [-0.15, -0.1) is 0 Å². The molecule has 0 fully saturated rings. The van der Waals surface area contributed by atoms with E-state index in [-0.39, 0.29) is 5.69 Å². The van der Waals surface area contributed by atoms with E-state index in [9.17, 15) is 19.7 Å². The largest absolute Gasteiger partial charge is 0.374 e. The van der Waals surface area contributed by atoms with Crippen LogP contribution in [0, 0.1) is 10.1 Å². The Morgan fingerprint density at radius 1 is 1.27 bits per heavy atom.